The summed E-state index contributed by atoms with van der Waals surface area (Å²) < 4.78 is 58.1. The Kier molecular flexibility index (Phi) is 5.51. The van der Waals surface area contributed by atoms with Crippen LogP contribution in [0.25, 0.3) is 16.7 Å². The Labute approximate surface area is 210 Å². The van der Waals surface area contributed by atoms with E-state index in [2.05, 4.69) is 16.6 Å². The predicted molar refractivity (Wildman–Crippen MR) is 137 cm³/mol. The number of aromatic nitrogens is 4. The van der Waals surface area contributed by atoms with Crippen LogP contribution in [0.3, 0.4) is 0 Å². The number of sulfonamides is 1. The molecule has 0 aliphatic heterocycles. The van der Waals surface area contributed by atoms with Crippen molar-refractivity contribution in [3.8, 4) is 0 Å². The summed E-state index contributed by atoms with van der Waals surface area (Å²) in [7, 11) is -7.10. The van der Waals surface area contributed by atoms with Gasteiger partial charge in [-0.3, -0.25) is 4.40 Å². The van der Waals surface area contributed by atoms with E-state index in [4.69, 9.17) is 4.98 Å². The minimum absolute atomic E-state index is 0.0482. The van der Waals surface area contributed by atoms with Crippen molar-refractivity contribution in [3.63, 3.8) is 0 Å². The van der Waals surface area contributed by atoms with Crippen molar-refractivity contribution >= 4 is 36.7 Å². The third kappa shape index (κ3) is 3.84. The first kappa shape index (κ1) is 23.6. The van der Waals surface area contributed by atoms with Gasteiger partial charge in [-0.25, -0.2) is 35.5 Å². The molecule has 0 spiro atoms. The molecule has 0 radical (unpaired) electrons. The minimum Gasteiger partial charge on any atom is -0.291 e. The second kappa shape index (κ2) is 8.39. The van der Waals surface area contributed by atoms with Crippen molar-refractivity contribution in [2.75, 3.05) is 0 Å². The Morgan fingerprint density at radius 3 is 2.42 bits per heavy atom. The molecule has 2 fully saturated rings. The van der Waals surface area contributed by atoms with Gasteiger partial charge in [0.1, 0.15) is 5.82 Å². The van der Waals surface area contributed by atoms with Crippen LogP contribution in [-0.2, 0) is 20.0 Å². The summed E-state index contributed by atoms with van der Waals surface area (Å²) in [5.74, 6) is 1.14. The number of imidazole rings is 1. The van der Waals surface area contributed by atoms with Gasteiger partial charge >= 0.3 is 0 Å². The lowest BCUT2D eigenvalue weighted by Gasteiger charge is -2.17. The van der Waals surface area contributed by atoms with Gasteiger partial charge in [0.15, 0.2) is 5.65 Å². The van der Waals surface area contributed by atoms with Crippen LogP contribution in [-0.4, -0.2) is 46.5 Å². The highest BCUT2D eigenvalue weighted by Crippen LogP contribution is 2.42. The Morgan fingerprint density at radius 1 is 1.00 bits per heavy atom. The van der Waals surface area contributed by atoms with Crippen molar-refractivity contribution in [1.29, 1.82) is 0 Å². The molecule has 3 atom stereocenters. The quantitative estimate of drug-likeness (QED) is 0.393. The van der Waals surface area contributed by atoms with Crippen molar-refractivity contribution in [1.82, 2.24) is 23.1 Å². The van der Waals surface area contributed by atoms with Crippen LogP contribution in [0, 0.1) is 12.8 Å². The smallest absolute Gasteiger partial charge is 0.269 e. The van der Waals surface area contributed by atoms with E-state index in [1.807, 2.05) is 11.3 Å². The standard InChI is InChI=1S/C25H29N5O4S2/c1-3-17-12-18(28-35(31,32)20-8-9-20)13-22(17)24-26-14-19-15-27-25-23(30(19)24)10-11-29(25)36(33,34)21-6-4-16(2)5-7-21/h4-7,10-11,14-15,17-18,20,22,28H,3,8-9,12-13H2,1-2H3/t17-,18+,22+/m0/s1. The lowest BCUT2D eigenvalue weighted by Crippen LogP contribution is -2.35. The van der Waals surface area contributed by atoms with Crippen molar-refractivity contribution in [3.05, 3.63) is 60.3 Å². The molecule has 6 rings (SSSR count). The van der Waals surface area contributed by atoms with Crippen molar-refractivity contribution < 1.29 is 16.8 Å². The molecule has 0 bridgehead atoms. The Morgan fingerprint density at radius 2 is 1.72 bits per heavy atom. The summed E-state index contributed by atoms with van der Waals surface area (Å²) in [5.41, 5.74) is 2.75. The SMILES string of the molecule is CC[C@H]1C[C@@H](NS(=O)(=O)C2CC2)C[C@H]1c1ncc2cnc3c(ccn3S(=O)(=O)c3ccc(C)cc3)n12. The van der Waals surface area contributed by atoms with E-state index in [9.17, 15) is 16.8 Å². The van der Waals surface area contributed by atoms with Gasteiger partial charge in [-0.2, -0.15) is 0 Å². The molecule has 2 aliphatic rings. The highest BCUT2D eigenvalue weighted by atomic mass is 32.2. The van der Waals surface area contributed by atoms with Crippen molar-refractivity contribution in [2.45, 2.75) is 68.1 Å². The third-order valence-electron chi connectivity index (χ3n) is 7.60. The lowest BCUT2D eigenvalue weighted by molar-refractivity contribution is 0.450. The normalized spacial score (nSPS) is 23.1. The number of nitrogens with one attached hydrogen (secondary N) is 1. The molecule has 2 saturated carbocycles. The van der Waals surface area contributed by atoms with Crippen LogP contribution in [0.15, 0.2) is 53.8 Å². The van der Waals surface area contributed by atoms with E-state index in [0.29, 0.717) is 17.6 Å². The van der Waals surface area contributed by atoms with Gasteiger partial charge in [-0.1, -0.05) is 31.0 Å². The molecule has 1 N–H and O–H groups in total. The molecule has 0 saturated heterocycles. The summed E-state index contributed by atoms with van der Waals surface area (Å²) in [5, 5.41) is -0.246. The maximum absolute atomic E-state index is 13.4. The summed E-state index contributed by atoms with van der Waals surface area (Å²) in [6.07, 6.45) is 8.73. The third-order valence-corrected chi connectivity index (χ3v) is 11.3. The maximum Gasteiger partial charge on any atom is 0.269 e. The topological polar surface area (TPSA) is 115 Å². The van der Waals surface area contributed by atoms with Gasteiger partial charge in [-0.15, -0.1) is 0 Å². The van der Waals surface area contributed by atoms with Gasteiger partial charge in [0, 0.05) is 18.2 Å². The highest BCUT2D eigenvalue weighted by molar-refractivity contribution is 7.90. The van der Waals surface area contributed by atoms with E-state index in [1.54, 1.807) is 42.7 Å². The summed E-state index contributed by atoms with van der Waals surface area (Å²) in [4.78, 5) is 9.41. The van der Waals surface area contributed by atoms with Gasteiger partial charge in [0.25, 0.3) is 10.0 Å². The van der Waals surface area contributed by atoms with E-state index < -0.39 is 20.0 Å². The molecule has 36 heavy (non-hydrogen) atoms. The minimum atomic E-state index is -3.83. The molecule has 3 heterocycles. The lowest BCUT2D eigenvalue weighted by atomic mass is 9.93. The molecule has 9 nitrogen and oxygen atoms in total. The van der Waals surface area contributed by atoms with Crippen LogP contribution >= 0.6 is 0 Å². The fourth-order valence-electron chi connectivity index (χ4n) is 5.53. The van der Waals surface area contributed by atoms with Crippen molar-refractivity contribution in [2.24, 2.45) is 5.92 Å². The van der Waals surface area contributed by atoms with Crippen LogP contribution in [0.1, 0.15) is 56.3 Å². The monoisotopic (exact) mass is 527 g/mol. The predicted octanol–water partition coefficient (Wildman–Crippen LogP) is 3.58. The Hall–Kier alpha value is -2.76. The number of rotatable bonds is 7. The first-order valence-corrected chi connectivity index (χ1v) is 15.3. The molecule has 0 unspecified atom stereocenters. The molecule has 0 amide bonds. The molecule has 11 heteroatoms. The molecule has 2 aliphatic carbocycles. The van der Waals surface area contributed by atoms with Crippen LogP contribution in [0.4, 0.5) is 0 Å². The number of fused-ring (bicyclic) bond motifs is 3. The fraction of sp³-hybridized carbons (Fsp3) is 0.440. The Bertz CT molecular complexity index is 1670. The number of nitrogens with zero attached hydrogens (tertiary/aromatic N) is 4. The summed E-state index contributed by atoms with van der Waals surface area (Å²) in [6.45, 7) is 4.03. The Balaban J connectivity index is 1.40. The number of benzene rings is 1. The first-order valence-electron chi connectivity index (χ1n) is 12.4. The van der Waals surface area contributed by atoms with E-state index in [0.717, 1.165) is 42.6 Å². The maximum atomic E-state index is 13.4. The molecule has 3 aromatic heterocycles. The van der Waals surface area contributed by atoms with Gasteiger partial charge in [0.05, 0.1) is 33.6 Å². The van der Waals surface area contributed by atoms with Crippen LogP contribution < -0.4 is 4.72 Å². The largest absolute Gasteiger partial charge is 0.291 e. The highest BCUT2D eigenvalue weighted by Gasteiger charge is 2.42. The van der Waals surface area contributed by atoms with Crippen LogP contribution in [0.5, 0.6) is 0 Å². The molecular formula is C25H29N5O4S2. The number of hydrogen-bond acceptors (Lipinski definition) is 6. The molecular weight excluding hydrogens is 498 g/mol. The second-order valence-electron chi connectivity index (χ2n) is 10.1. The fourth-order valence-corrected chi connectivity index (χ4v) is 8.43. The van der Waals surface area contributed by atoms with Gasteiger partial charge < -0.3 is 0 Å². The molecule has 190 valence electrons. The average molecular weight is 528 g/mol. The summed E-state index contributed by atoms with van der Waals surface area (Å²) in [6, 6.07) is 8.39. The van der Waals surface area contributed by atoms with Crippen LogP contribution in [0.2, 0.25) is 0 Å². The van der Waals surface area contributed by atoms with E-state index >= 15 is 0 Å². The van der Waals surface area contributed by atoms with Gasteiger partial charge in [0.2, 0.25) is 10.0 Å². The molecule has 1 aromatic carbocycles. The molecule has 4 aromatic rings. The van der Waals surface area contributed by atoms with E-state index in [-0.39, 0.29) is 28.0 Å². The van der Waals surface area contributed by atoms with E-state index in [1.165, 1.54) is 10.2 Å². The van der Waals surface area contributed by atoms with Gasteiger partial charge in [-0.05, 0) is 56.7 Å². The summed E-state index contributed by atoms with van der Waals surface area (Å²) >= 11 is 0. The first-order chi connectivity index (χ1) is 17.2. The second-order valence-corrected chi connectivity index (χ2v) is 13.9. The average Bonchev–Trinajstić information content (AvgIpc) is 3.31. The zero-order chi connectivity index (χ0) is 25.2. The number of aryl methyl sites for hydroxylation is 1. The number of hydrogen-bond donors (Lipinski definition) is 1. The zero-order valence-electron chi connectivity index (χ0n) is 20.2. The zero-order valence-corrected chi connectivity index (χ0v) is 21.8.